The lowest BCUT2D eigenvalue weighted by Crippen LogP contribution is -2.45. The van der Waals surface area contributed by atoms with Crippen LogP contribution < -0.4 is 0 Å². The van der Waals surface area contributed by atoms with E-state index >= 15 is 0 Å². The van der Waals surface area contributed by atoms with Gasteiger partial charge in [-0.3, -0.25) is 9.59 Å². The third kappa shape index (κ3) is 3.30. The lowest BCUT2D eigenvalue weighted by molar-refractivity contribution is -0.137. The van der Waals surface area contributed by atoms with Crippen molar-refractivity contribution in [1.82, 2.24) is 4.90 Å². The van der Waals surface area contributed by atoms with Gasteiger partial charge in [0.15, 0.2) is 0 Å². The summed E-state index contributed by atoms with van der Waals surface area (Å²) in [6, 6.07) is 0.189. The fourth-order valence-electron chi connectivity index (χ4n) is 2.93. The predicted octanol–water partition coefficient (Wildman–Crippen LogP) is 2.54. The van der Waals surface area contributed by atoms with E-state index < -0.39 is 0 Å². The summed E-state index contributed by atoms with van der Waals surface area (Å²) in [4.78, 5) is 25.4. The molecule has 1 unspecified atom stereocenters. The van der Waals surface area contributed by atoms with Crippen LogP contribution in [0.1, 0.15) is 58.3 Å². The molecular weight excluding hydrogens is 214 g/mol. The second kappa shape index (κ2) is 5.65. The summed E-state index contributed by atoms with van der Waals surface area (Å²) in [5, 5.41) is 0. The minimum Gasteiger partial charge on any atom is -0.339 e. The molecule has 96 valence electrons. The van der Waals surface area contributed by atoms with E-state index in [1.165, 1.54) is 19.3 Å². The maximum absolute atomic E-state index is 12.2. The molecule has 0 aromatic carbocycles. The van der Waals surface area contributed by atoms with Crippen LogP contribution in [-0.4, -0.2) is 29.2 Å². The molecule has 2 fully saturated rings. The molecule has 0 N–H and O–H groups in total. The van der Waals surface area contributed by atoms with Gasteiger partial charge >= 0.3 is 0 Å². The SMILES string of the molecule is CC(=O)CC1CCCCN1C(=O)CC1CCC1. The van der Waals surface area contributed by atoms with Crippen LogP contribution in [0, 0.1) is 5.92 Å². The Kier molecular flexibility index (Phi) is 4.19. The van der Waals surface area contributed by atoms with Gasteiger partial charge < -0.3 is 4.90 Å². The quantitative estimate of drug-likeness (QED) is 0.753. The molecular formula is C14H23NO2. The highest BCUT2D eigenvalue weighted by atomic mass is 16.2. The van der Waals surface area contributed by atoms with Gasteiger partial charge in [-0.15, -0.1) is 0 Å². The molecule has 0 radical (unpaired) electrons. The standard InChI is InChI=1S/C14H23NO2/c1-11(16)9-13-7-2-3-8-15(13)14(17)10-12-5-4-6-12/h12-13H,2-10H2,1H3. The lowest BCUT2D eigenvalue weighted by atomic mass is 9.82. The topological polar surface area (TPSA) is 37.4 Å². The number of piperidine rings is 1. The third-order valence-corrected chi connectivity index (χ3v) is 4.16. The second-order valence-electron chi connectivity index (χ2n) is 5.64. The highest BCUT2D eigenvalue weighted by Gasteiger charge is 2.30. The fraction of sp³-hybridized carbons (Fsp3) is 0.857. The van der Waals surface area contributed by atoms with Crippen molar-refractivity contribution in [1.29, 1.82) is 0 Å². The molecule has 1 atom stereocenters. The van der Waals surface area contributed by atoms with Crippen LogP contribution in [-0.2, 0) is 9.59 Å². The summed E-state index contributed by atoms with van der Waals surface area (Å²) in [5.74, 6) is 1.13. The summed E-state index contributed by atoms with van der Waals surface area (Å²) in [7, 11) is 0. The number of Topliss-reactive ketones (excluding diaryl/α,β-unsaturated/α-hetero) is 1. The first-order valence-corrected chi connectivity index (χ1v) is 6.95. The molecule has 1 aliphatic heterocycles. The number of amides is 1. The molecule has 3 nitrogen and oxygen atoms in total. The van der Waals surface area contributed by atoms with E-state index in [-0.39, 0.29) is 11.8 Å². The van der Waals surface area contributed by atoms with Gasteiger partial charge in [-0.1, -0.05) is 6.42 Å². The molecule has 1 aliphatic carbocycles. The van der Waals surface area contributed by atoms with Crippen LogP contribution in [0.4, 0.5) is 0 Å². The average Bonchev–Trinajstić information content (AvgIpc) is 2.23. The van der Waals surface area contributed by atoms with Crippen molar-refractivity contribution in [2.75, 3.05) is 6.54 Å². The van der Waals surface area contributed by atoms with E-state index in [4.69, 9.17) is 0 Å². The van der Waals surface area contributed by atoms with Gasteiger partial charge in [0.1, 0.15) is 5.78 Å². The monoisotopic (exact) mass is 237 g/mol. The number of carbonyl (C=O) groups is 2. The molecule has 0 aromatic heterocycles. The number of carbonyl (C=O) groups excluding carboxylic acids is 2. The van der Waals surface area contributed by atoms with Crippen molar-refractivity contribution in [3.63, 3.8) is 0 Å². The van der Waals surface area contributed by atoms with E-state index in [0.717, 1.165) is 25.8 Å². The Hall–Kier alpha value is -0.860. The van der Waals surface area contributed by atoms with Gasteiger partial charge in [0.05, 0.1) is 0 Å². The van der Waals surface area contributed by atoms with E-state index in [0.29, 0.717) is 24.7 Å². The highest BCUT2D eigenvalue weighted by Crippen LogP contribution is 2.31. The Balaban J connectivity index is 1.89. The van der Waals surface area contributed by atoms with Crippen molar-refractivity contribution in [3.05, 3.63) is 0 Å². The molecule has 0 spiro atoms. The molecule has 1 saturated heterocycles. The van der Waals surface area contributed by atoms with Gasteiger partial charge in [0.2, 0.25) is 5.91 Å². The number of hydrogen-bond acceptors (Lipinski definition) is 2. The first-order valence-electron chi connectivity index (χ1n) is 6.95. The Labute approximate surface area is 104 Å². The Morgan fingerprint density at radius 2 is 1.82 bits per heavy atom. The zero-order valence-electron chi connectivity index (χ0n) is 10.8. The summed E-state index contributed by atoms with van der Waals surface area (Å²) < 4.78 is 0. The number of hydrogen-bond donors (Lipinski definition) is 0. The third-order valence-electron chi connectivity index (χ3n) is 4.16. The van der Waals surface area contributed by atoms with Crippen molar-refractivity contribution in [2.24, 2.45) is 5.92 Å². The number of ketones is 1. The fourth-order valence-corrected chi connectivity index (χ4v) is 2.93. The van der Waals surface area contributed by atoms with Gasteiger partial charge in [0, 0.05) is 25.4 Å². The van der Waals surface area contributed by atoms with Crippen LogP contribution >= 0.6 is 0 Å². The van der Waals surface area contributed by atoms with E-state index in [9.17, 15) is 9.59 Å². The van der Waals surface area contributed by atoms with Crippen LogP contribution in [0.2, 0.25) is 0 Å². The number of nitrogens with zero attached hydrogens (tertiary/aromatic N) is 1. The average molecular weight is 237 g/mol. The molecule has 1 heterocycles. The van der Waals surface area contributed by atoms with Crippen LogP contribution in [0.15, 0.2) is 0 Å². The van der Waals surface area contributed by atoms with Crippen LogP contribution in [0.5, 0.6) is 0 Å². The van der Waals surface area contributed by atoms with Crippen molar-refractivity contribution >= 4 is 11.7 Å². The molecule has 0 bridgehead atoms. The summed E-state index contributed by atoms with van der Waals surface area (Å²) >= 11 is 0. The Bertz CT molecular complexity index is 297. The zero-order valence-corrected chi connectivity index (χ0v) is 10.8. The first kappa shape index (κ1) is 12.6. The van der Waals surface area contributed by atoms with Crippen molar-refractivity contribution < 1.29 is 9.59 Å². The smallest absolute Gasteiger partial charge is 0.223 e. The predicted molar refractivity (Wildman–Crippen MR) is 66.6 cm³/mol. The van der Waals surface area contributed by atoms with Crippen molar-refractivity contribution in [2.45, 2.75) is 64.3 Å². The summed E-state index contributed by atoms with van der Waals surface area (Å²) in [6.07, 6.45) is 8.26. The normalized spacial score (nSPS) is 25.5. The van der Waals surface area contributed by atoms with Gasteiger partial charge in [-0.2, -0.15) is 0 Å². The molecule has 1 amide bonds. The van der Waals surface area contributed by atoms with Gasteiger partial charge in [0.25, 0.3) is 0 Å². The molecule has 3 heteroatoms. The molecule has 0 aromatic rings. The second-order valence-corrected chi connectivity index (χ2v) is 5.64. The van der Waals surface area contributed by atoms with E-state index in [1.807, 2.05) is 4.90 Å². The largest absolute Gasteiger partial charge is 0.339 e. The summed E-state index contributed by atoms with van der Waals surface area (Å²) in [6.45, 7) is 2.49. The summed E-state index contributed by atoms with van der Waals surface area (Å²) in [5.41, 5.74) is 0. The Morgan fingerprint density at radius 1 is 1.06 bits per heavy atom. The minimum absolute atomic E-state index is 0.189. The highest BCUT2D eigenvalue weighted by molar-refractivity contribution is 5.80. The molecule has 1 saturated carbocycles. The molecule has 2 rings (SSSR count). The van der Waals surface area contributed by atoms with Crippen LogP contribution in [0.3, 0.4) is 0 Å². The molecule has 2 aliphatic rings. The molecule has 17 heavy (non-hydrogen) atoms. The van der Waals surface area contributed by atoms with Crippen molar-refractivity contribution in [3.8, 4) is 0 Å². The maximum Gasteiger partial charge on any atom is 0.223 e. The first-order chi connectivity index (χ1) is 8.16. The van der Waals surface area contributed by atoms with E-state index in [2.05, 4.69) is 0 Å². The minimum atomic E-state index is 0.189. The Morgan fingerprint density at radius 3 is 2.41 bits per heavy atom. The van der Waals surface area contributed by atoms with Gasteiger partial charge in [-0.25, -0.2) is 0 Å². The maximum atomic E-state index is 12.2. The number of likely N-dealkylation sites (tertiary alicyclic amines) is 1. The lowest BCUT2D eigenvalue weighted by Gasteiger charge is -2.37. The van der Waals surface area contributed by atoms with Crippen LogP contribution in [0.25, 0.3) is 0 Å². The van der Waals surface area contributed by atoms with E-state index in [1.54, 1.807) is 6.92 Å². The number of rotatable bonds is 4. The van der Waals surface area contributed by atoms with Gasteiger partial charge in [-0.05, 0) is 44.9 Å². The zero-order chi connectivity index (χ0) is 12.3.